The molecule has 20 heavy (non-hydrogen) atoms. The van der Waals surface area contributed by atoms with Crippen molar-refractivity contribution in [3.63, 3.8) is 0 Å². The highest BCUT2D eigenvalue weighted by Gasteiger charge is 2.35. The Kier molecular flexibility index (Phi) is 2.99. The molecule has 0 saturated heterocycles. The molecule has 0 N–H and O–H groups in total. The van der Waals surface area contributed by atoms with Crippen molar-refractivity contribution in [3.8, 4) is 0 Å². The Balaban J connectivity index is 1.93. The van der Waals surface area contributed by atoms with Crippen LogP contribution < -0.4 is 0 Å². The number of benzene rings is 1. The second-order valence-corrected chi connectivity index (χ2v) is 4.88. The maximum atomic E-state index is 12.2. The molecule has 1 aliphatic heterocycles. The molecule has 100 valence electrons. The summed E-state index contributed by atoms with van der Waals surface area (Å²) in [6, 6.07) is 8.35. The van der Waals surface area contributed by atoms with Crippen molar-refractivity contribution in [3.05, 3.63) is 58.1 Å². The van der Waals surface area contributed by atoms with Gasteiger partial charge < -0.3 is 0 Å². The van der Waals surface area contributed by atoms with E-state index in [0.29, 0.717) is 27.8 Å². The third-order valence-electron chi connectivity index (χ3n) is 3.05. The number of nitrogens with zero attached hydrogens (tertiary/aromatic N) is 3. The van der Waals surface area contributed by atoms with E-state index in [1.54, 1.807) is 37.3 Å². The van der Waals surface area contributed by atoms with Gasteiger partial charge in [-0.3, -0.25) is 14.5 Å². The molecule has 0 radical (unpaired) electrons. The highest BCUT2D eigenvalue weighted by atomic mass is 35.5. The van der Waals surface area contributed by atoms with Crippen LogP contribution in [0.2, 0.25) is 5.15 Å². The van der Waals surface area contributed by atoms with E-state index >= 15 is 0 Å². The number of carbonyl (C=O) groups excluding carboxylic acids is 2. The minimum atomic E-state index is -0.327. The zero-order valence-electron chi connectivity index (χ0n) is 10.6. The van der Waals surface area contributed by atoms with Crippen LogP contribution in [0.3, 0.4) is 0 Å². The lowest BCUT2D eigenvalue weighted by Gasteiger charge is -2.12. The molecule has 0 aliphatic carbocycles. The summed E-state index contributed by atoms with van der Waals surface area (Å²) in [4.78, 5) is 33.8. The molecule has 0 spiro atoms. The largest absolute Gasteiger partial charge is 0.269 e. The van der Waals surface area contributed by atoms with Crippen LogP contribution in [0.25, 0.3) is 0 Å². The normalized spacial score (nSPS) is 13.8. The third kappa shape index (κ3) is 2.06. The Morgan fingerprint density at radius 3 is 2.25 bits per heavy atom. The molecule has 0 fully saturated rings. The van der Waals surface area contributed by atoms with Gasteiger partial charge in [-0.05, 0) is 25.1 Å². The first-order valence-corrected chi connectivity index (χ1v) is 6.39. The maximum Gasteiger partial charge on any atom is 0.261 e. The molecule has 2 heterocycles. The number of amides is 2. The van der Waals surface area contributed by atoms with Crippen LogP contribution in [0, 0.1) is 6.92 Å². The minimum absolute atomic E-state index is 0.0216. The Hall–Kier alpha value is -2.27. The summed E-state index contributed by atoms with van der Waals surface area (Å²) >= 11 is 5.86. The van der Waals surface area contributed by atoms with Crippen LogP contribution in [-0.4, -0.2) is 26.7 Å². The quantitative estimate of drug-likeness (QED) is 0.628. The summed E-state index contributed by atoms with van der Waals surface area (Å²) in [6.07, 6.45) is 0. The zero-order chi connectivity index (χ0) is 14.3. The van der Waals surface area contributed by atoms with E-state index < -0.39 is 0 Å². The lowest BCUT2D eigenvalue weighted by Crippen LogP contribution is -2.30. The molecule has 1 aromatic heterocycles. The Morgan fingerprint density at radius 2 is 1.70 bits per heavy atom. The van der Waals surface area contributed by atoms with Gasteiger partial charge in [-0.2, -0.15) is 0 Å². The zero-order valence-corrected chi connectivity index (χ0v) is 11.4. The summed E-state index contributed by atoms with van der Waals surface area (Å²) in [5, 5.41) is 0.295. The van der Waals surface area contributed by atoms with E-state index in [1.807, 2.05) is 0 Å². The van der Waals surface area contributed by atoms with Crippen molar-refractivity contribution in [1.82, 2.24) is 14.9 Å². The summed E-state index contributed by atoms with van der Waals surface area (Å²) in [5.74, 6) is -0.303. The van der Waals surface area contributed by atoms with Crippen molar-refractivity contribution in [2.24, 2.45) is 0 Å². The van der Waals surface area contributed by atoms with E-state index in [2.05, 4.69) is 9.97 Å². The molecule has 2 amide bonds. The van der Waals surface area contributed by atoms with Gasteiger partial charge in [0.1, 0.15) is 11.0 Å². The van der Waals surface area contributed by atoms with Crippen molar-refractivity contribution < 1.29 is 9.59 Å². The number of aryl methyl sites for hydroxylation is 1. The molecule has 1 aliphatic rings. The molecule has 0 unspecified atom stereocenters. The summed E-state index contributed by atoms with van der Waals surface area (Å²) in [7, 11) is 0. The molecule has 2 aromatic rings. The second-order valence-electron chi connectivity index (χ2n) is 4.49. The topological polar surface area (TPSA) is 63.2 Å². The fraction of sp³-hybridized carbons (Fsp3) is 0.143. The molecule has 6 heteroatoms. The number of carbonyl (C=O) groups is 2. The molecule has 5 nitrogen and oxygen atoms in total. The predicted octanol–water partition coefficient (Wildman–Crippen LogP) is 2.23. The predicted molar refractivity (Wildman–Crippen MR) is 72.4 cm³/mol. The van der Waals surface area contributed by atoms with Gasteiger partial charge in [0.05, 0.1) is 17.7 Å². The molecule has 0 saturated carbocycles. The van der Waals surface area contributed by atoms with Gasteiger partial charge in [0.25, 0.3) is 11.8 Å². The highest BCUT2D eigenvalue weighted by molar-refractivity contribution is 6.29. The number of hydrogen-bond acceptors (Lipinski definition) is 4. The van der Waals surface area contributed by atoms with Gasteiger partial charge in [0.2, 0.25) is 0 Å². The highest BCUT2D eigenvalue weighted by Crippen LogP contribution is 2.23. The Bertz CT molecular complexity index is 675. The number of fused-ring (bicyclic) bond motifs is 1. The van der Waals surface area contributed by atoms with Crippen LogP contribution in [0.4, 0.5) is 0 Å². The van der Waals surface area contributed by atoms with Crippen LogP contribution >= 0.6 is 11.6 Å². The van der Waals surface area contributed by atoms with E-state index in [9.17, 15) is 9.59 Å². The van der Waals surface area contributed by atoms with Crippen LogP contribution in [0.15, 0.2) is 30.3 Å². The standard InChI is InChI=1S/C14H10ClN3O2/c1-8-6-11(15)17-12(16-8)7-18-13(19)9-4-2-3-5-10(9)14(18)20/h2-6H,7H2,1H3. The first kappa shape index (κ1) is 12.7. The van der Waals surface area contributed by atoms with E-state index in [4.69, 9.17) is 11.6 Å². The smallest absolute Gasteiger partial charge is 0.261 e. The van der Waals surface area contributed by atoms with Crippen molar-refractivity contribution in [2.45, 2.75) is 13.5 Å². The van der Waals surface area contributed by atoms with Crippen molar-refractivity contribution in [2.75, 3.05) is 0 Å². The molecule has 0 bridgehead atoms. The second kappa shape index (κ2) is 4.68. The lowest BCUT2D eigenvalue weighted by atomic mass is 10.1. The number of rotatable bonds is 2. The fourth-order valence-corrected chi connectivity index (χ4v) is 2.44. The van der Waals surface area contributed by atoms with Gasteiger partial charge in [-0.1, -0.05) is 23.7 Å². The minimum Gasteiger partial charge on any atom is -0.269 e. The average Bonchev–Trinajstić information content (AvgIpc) is 2.64. The molecular weight excluding hydrogens is 278 g/mol. The van der Waals surface area contributed by atoms with Gasteiger partial charge >= 0.3 is 0 Å². The number of aromatic nitrogens is 2. The van der Waals surface area contributed by atoms with Gasteiger partial charge in [-0.15, -0.1) is 0 Å². The summed E-state index contributed by atoms with van der Waals surface area (Å²) in [6.45, 7) is 1.80. The lowest BCUT2D eigenvalue weighted by molar-refractivity contribution is 0.0638. The van der Waals surface area contributed by atoms with E-state index in [0.717, 1.165) is 4.90 Å². The van der Waals surface area contributed by atoms with Crippen LogP contribution in [-0.2, 0) is 6.54 Å². The van der Waals surface area contributed by atoms with Gasteiger partial charge in [0.15, 0.2) is 0 Å². The van der Waals surface area contributed by atoms with E-state index in [-0.39, 0.29) is 18.4 Å². The Labute approximate surface area is 120 Å². The maximum absolute atomic E-state index is 12.2. The average molecular weight is 288 g/mol. The van der Waals surface area contributed by atoms with Crippen LogP contribution in [0.5, 0.6) is 0 Å². The third-order valence-corrected chi connectivity index (χ3v) is 3.24. The monoisotopic (exact) mass is 287 g/mol. The van der Waals surface area contributed by atoms with Gasteiger partial charge in [0, 0.05) is 5.69 Å². The van der Waals surface area contributed by atoms with Crippen molar-refractivity contribution in [1.29, 1.82) is 0 Å². The first-order chi connectivity index (χ1) is 9.56. The molecule has 1 aromatic carbocycles. The number of imide groups is 1. The molecule has 3 rings (SSSR count). The number of halogens is 1. The van der Waals surface area contributed by atoms with Crippen LogP contribution in [0.1, 0.15) is 32.2 Å². The number of hydrogen-bond donors (Lipinski definition) is 0. The van der Waals surface area contributed by atoms with Gasteiger partial charge in [-0.25, -0.2) is 9.97 Å². The fourth-order valence-electron chi connectivity index (χ4n) is 2.18. The molecular formula is C14H10ClN3O2. The van der Waals surface area contributed by atoms with Crippen molar-refractivity contribution >= 4 is 23.4 Å². The SMILES string of the molecule is Cc1cc(Cl)nc(CN2C(=O)c3ccccc3C2=O)n1. The summed E-state index contributed by atoms with van der Waals surface area (Å²) < 4.78 is 0. The summed E-state index contributed by atoms with van der Waals surface area (Å²) in [5.41, 5.74) is 1.52. The first-order valence-electron chi connectivity index (χ1n) is 6.01. The van der Waals surface area contributed by atoms with E-state index in [1.165, 1.54) is 0 Å². The Morgan fingerprint density at radius 1 is 1.10 bits per heavy atom. The molecule has 0 atom stereocenters.